The van der Waals surface area contributed by atoms with E-state index in [0.717, 1.165) is 23.1 Å². The number of ether oxygens (including phenoxy) is 1. The van der Waals surface area contributed by atoms with Crippen LogP contribution >= 0.6 is 27.5 Å². The maximum absolute atomic E-state index is 5.96. The highest BCUT2D eigenvalue weighted by Crippen LogP contribution is 2.26. The second-order valence-corrected chi connectivity index (χ2v) is 5.62. The van der Waals surface area contributed by atoms with Crippen LogP contribution in [0.25, 0.3) is 0 Å². The fraction of sp³-hybridized carbons (Fsp3) is 0.357. The van der Waals surface area contributed by atoms with Crippen LogP contribution in [-0.4, -0.2) is 28.0 Å². The lowest BCUT2D eigenvalue weighted by Crippen LogP contribution is -2.24. The van der Waals surface area contributed by atoms with E-state index in [1.54, 1.807) is 0 Å². The summed E-state index contributed by atoms with van der Waals surface area (Å²) in [7, 11) is 0. The van der Waals surface area contributed by atoms with Crippen molar-refractivity contribution in [3.05, 3.63) is 33.5 Å². The first-order chi connectivity index (χ1) is 10.0. The molecule has 0 aliphatic rings. The summed E-state index contributed by atoms with van der Waals surface area (Å²) in [6, 6.07) is 5.91. The van der Waals surface area contributed by atoms with Crippen LogP contribution in [0.15, 0.2) is 22.7 Å². The smallest absolute Gasteiger partial charge is 0.328 e. The average molecular weight is 372 g/mol. The molecular weight excluding hydrogens is 356 g/mol. The summed E-state index contributed by atoms with van der Waals surface area (Å²) in [5.74, 6) is 1.20. The molecule has 0 atom stereocenters. The van der Waals surface area contributed by atoms with Gasteiger partial charge in [0.1, 0.15) is 5.75 Å². The second-order valence-electron chi connectivity index (χ2n) is 4.37. The summed E-state index contributed by atoms with van der Waals surface area (Å²) in [5.41, 5.74) is 0.977. The molecule has 0 fully saturated rings. The van der Waals surface area contributed by atoms with Crippen molar-refractivity contribution in [3.8, 4) is 11.8 Å². The molecule has 0 amide bonds. The molecule has 0 saturated carbocycles. The number of halogens is 2. The molecule has 0 radical (unpaired) electrons. The Morgan fingerprint density at radius 2 is 1.90 bits per heavy atom. The van der Waals surface area contributed by atoms with Crippen molar-refractivity contribution < 1.29 is 4.74 Å². The highest BCUT2D eigenvalue weighted by atomic mass is 79.9. The predicted octanol–water partition coefficient (Wildman–Crippen LogP) is 4.23. The summed E-state index contributed by atoms with van der Waals surface area (Å²) in [4.78, 5) is 14.5. The van der Waals surface area contributed by atoms with Gasteiger partial charge in [-0.1, -0.05) is 15.9 Å². The molecule has 0 saturated heterocycles. The molecule has 1 aromatic carbocycles. The third kappa shape index (κ3) is 4.04. The lowest BCUT2D eigenvalue weighted by Gasteiger charge is -2.18. The lowest BCUT2D eigenvalue weighted by molar-refractivity contribution is 0.436. The third-order valence-corrected chi connectivity index (χ3v) is 3.62. The van der Waals surface area contributed by atoms with Crippen molar-refractivity contribution in [1.29, 1.82) is 0 Å². The van der Waals surface area contributed by atoms with Gasteiger partial charge in [0, 0.05) is 17.6 Å². The number of benzene rings is 1. The Labute approximate surface area is 137 Å². The van der Waals surface area contributed by atoms with Crippen LogP contribution in [0.1, 0.15) is 19.4 Å². The Kier molecular flexibility index (Phi) is 5.36. The number of anilines is 1. The van der Waals surface area contributed by atoms with Crippen molar-refractivity contribution in [1.82, 2.24) is 15.0 Å². The molecule has 5 nitrogen and oxygen atoms in total. The zero-order chi connectivity index (χ0) is 15.4. The van der Waals surface area contributed by atoms with Gasteiger partial charge in [-0.2, -0.15) is 15.0 Å². The minimum Gasteiger partial charge on any atom is -0.424 e. The Morgan fingerprint density at radius 3 is 2.52 bits per heavy atom. The largest absolute Gasteiger partial charge is 0.424 e. The monoisotopic (exact) mass is 370 g/mol. The van der Waals surface area contributed by atoms with Crippen LogP contribution in [0.5, 0.6) is 11.8 Å². The van der Waals surface area contributed by atoms with Crippen LogP contribution in [0.2, 0.25) is 5.28 Å². The fourth-order valence-electron chi connectivity index (χ4n) is 1.84. The van der Waals surface area contributed by atoms with Gasteiger partial charge >= 0.3 is 6.01 Å². The Balaban J connectivity index is 2.31. The molecule has 0 aliphatic heterocycles. The first-order valence-corrected chi connectivity index (χ1v) is 7.81. The first kappa shape index (κ1) is 16.0. The van der Waals surface area contributed by atoms with E-state index in [-0.39, 0.29) is 11.3 Å². The van der Waals surface area contributed by atoms with Crippen LogP contribution in [0.4, 0.5) is 5.95 Å². The molecule has 112 valence electrons. The van der Waals surface area contributed by atoms with E-state index in [1.165, 1.54) is 0 Å². The quantitative estimate of drug-likeness (QED) is 0.787. The van der Waals surface area contributed by atoms with Crippen LogP contribution in [-0.2, 0) is 0 Å². The highest BCUT2D eigenvalue weighted by molar-refractivity contribution is 9.10. The topological polar surface area (TPSA) is 51.1 Å². The standard InChI is InChI=1S/C14H16BrClN4O/c1-4-20(5-2)13-17-12(16)18-14(19-13)21-11-7-6-10(15)8-9(11)3/h6-8H,4-5H2,1-3H3. The minimum absolute atomic E-state index is 0.122. The summed E-state index contributed by atoms with van der Waals surface area (Å²) < 4.78 is 6.72. The molecule has 0 aliphatic carbocycles. The van der Waals surface area contributed by atoms with Crippen molar-refractivity contribution in [3.63, 3.8) is 0 Å². The van der Waals surface area contributed by atoms with Gasteiger partial charge in [-0.3, -0.25) is 0 Å². The molecule has 2 rings (SSSR count). The summed E-state index contributed by atoms with van der Waals surface area (Å²) >= 11 is 9.38. The van der Waals surface area contributed by atoms with Gasteiger partial charge in [0.2, 0.25) is 11.2 Å². The van der Waals surface area contributed by atoms with Crippen molar-refractivity contribution in [2.75, 3.05) is 18.0 Å². The van der Waals surface area contributed by atoms with Gasteiger partial charge in [-0.05, 0) is 56.1 Å². The van der Waals surface area contributed by atoms with Gasteiger partial charge in [0.05, 0.1) is 0 Å². The Bertz CT molecular complexity index is 634. The molecule has 21 heavy (non-hydrogen) atoms. The maximum atomic E-state index is 5.96. The van der Waals surface area contributed by atoms with Crippen molar-refractivity contribution in [2.45, 2.75) is 20.8 Å². The van der Waals surface area contributed by atoms with Crippen LogP contribution < -0.4 is 9.64 Å². The number of hydrogen-bond donors (Lipinski definition) is 0. The zero-order valence-electron chi connectivity index (χ0n) is 12.1. The van der Waals surface area contributed by atoms with Crippen LogP contribution in [0, 0.1) is 6.92 Å². The molecule has 0 N–H and O–H groups in total. The van der Waals surface area contributed by atoms with Gasteiger partial charge in [-0.15, -0.1) is 0 Å². The van der Waals surface area contributed by atoms with Gasteiger partial charge in [0.25, 0.3) is 0 Å². The van der Waals surface area contributed by atoms with Crippen molar-refractivity contribution >= 4 is 33.5 Å². The van der Waals surface area contributed by atoms with E-state index < -0.39 is 0 Å². The Morgan fingerprint density at radius 1 is 1.19 bits per heavy atom. The first-order valence-electron chi connectivity index (χ1n) is 6.64. The van der Waals surface area contributed by atoms with Crippen molar-refractivity contribution in [2.24, 2.45) is 0 Å². The van der Waals surface area contributed by atoms with Gasteiger partial charge in [-0.25, -0.2) is 0 Å². The second kappa shape index (κ2) is 7.04. The van der Waals surface area contributed by atoms with E-state index in [2.05, 4.69) is 30.9 Å². The fourth-order valence-corrected chi connectivity index (χ4v) is 2.46. The van der Waals surface area contributed by atoms with E-state index in [1.807, 2.05) is 43.9 Å². The molecule has 0 spiro atoms. The number of rotatable bonds is 5. The molecule has 2 aromatic rings. The van der Waals surface area contributed by atoms with E-state index >= 15 is 0 Å². The number of aromatic nitrogens is 3. The number of hydrogen-bond acceptors (Lipinski definition) is 5. The molecule has 0 bridgehead atoms. The third-order valence-electron chi connectivity index (χ3n) is 2.96. The van der Waals surface area contributed by atoms with Crippen LogP contribution in [0.3, 0.4) is 0 Å². The summed E-state index contributed by atoms with van der Waals surface area (Å²) in [6.07, 6.45) is 0. The molecule has 7 heteroatoms. The number of aryl methyl sites for hydroxylation is 1. The summed E-state index contributed by atoms with van der Waals surface area (Å²) in [5, 5.41) is 0.122. The molecule has 1 aromatic heterocycles. The van der Waals surface area contributed by atoms with Gasteiger partial charge < -0.3 is 9.64 Å². The molecular formula is C14H16BrClN4O. The molecule has 1 heterocycles. The summed E-state index contributed by atoms with van der Waals surface area (Å²) in [6.45, 7) is 7.58. The Hall–Kier alpha value is -1.40. The maximum Gasteiger partial charge on any atom is 0.328 e. The van der Waals surface area contributed by atoms with E-state index in [0.29, 0.717) is 11.7 Å². The van der Waals surface area contributed by atoms with E-state index in [4.69, 9.17) is 16.3 Å². The molecule has 0 unspecified atom stereocenters. The van der Waals surface area contributed by atoms with E-state index in [9.17, 15) is 0 Å². The number of nitrogens with zero attached hydrogens (tertiary/aromatic N) is 4. The highest BCUT2D eigenvalue weighted by Gasteiger charge is 2.12. The zero-order valence-corrected chi connectivity index (χ0v) is 14.4. The average Bonchev–Trinajstić information content (AvgIpc) is 2.43. The lowest BCUT2D eigenvalue weighted by atomic mass is 10.2. The normalized spacial score (nSPS) is 10.5. The minimum atomic E-state index is 0.122. The van der Waals surface area contributed by atoms with Gasteiger partial charge in [0.15, 0.2) is 0 Å². The predicted molar refractivity (Wildman–Crippen MR) is 87.4 cm³/mol. The SMILES string of the molecule is CCN(CC)c1nc(Cl)nc(Oc2ccc(Br)cc2C)n1.